The van der Waals surface area contributed by atoms with Gasteiger partial charge in [-0.15, -0.1) is 0 Å². The zero-order chi connectivity index (χ0) is 13.5. The molecular formula is C16H27N3O. The van der Waals surface area contributed by atoms with E-state index >= 15 is 0 Å². The first kappa shape index (κ1) is 13.1. The van der Waals surface area contributed by atoms with E-state index in [2.05, 4.69) is 9.80 Å². The van der Waals surface area contributed by atoms with Crippen molar-refractivity contribution < 1.29 is 4.74 Å². The fourth-order valence-corrected chi connectivity index (χ4v) is 4.03. The topological polar surface area (TPSA) is 41.7 Å². The molecule has 0 amide bonds. The summed E-state index contributed by atoms with van der Waals surface area (Å²) in [6, 6.07) is 0.765. The van der Waals surface area contributed by atoms with Crippen LogP contribution in [0.4, 0.5) is 0 Å². The molecule has 3 heterocycles. The maximum atomic E-state index is 6.07. The largest absolute Gasteiger partial charge is 0.378 e. The van der Waals surface area contributed by atoms with Gasteiger partial charge < -0.3 is 15.4 Å². The van der Waals surface area contributed by atoms with Gasteiger partial charge in [-0.25, -0.2) is 0 Å². The highest BCUT2D eigenvalue weighted by Crippen LogP contribution is 2.36. The van der Waals surface area contributed by atoms with Gasteiger partial charge in [0.2, 0.25) is 0 Å². The number of rotatable bonds is 3. The lowest BCUT2D eigenvalue weighted by atomic mass is 10.0. The molecule has 20 heavy (non-hydrogen) atoms. The van der Waals surface area contributed by atoms with Crippen molar-refractivity contribution in [3.63, 3.8) is 0 Å². The highest BCUT2D eigenvalue weighted by molar-refractivity contribution is 5.25. The Hall–Kier alpha value is -0.580. The van der Waals surface area contributed by atoms with Crippen molar-refractivity contribution in [1.29, 1.82) is 0 Å². The molecular weight excluding hydrogens is 250 g/mol. The minimum absolute atomic E-state index is 0.231. The van der Waals surface area contributed by atoms with E-state index in [0.29, 0.717) is 6.04 Å². The molecule has 0 bridgehead atoms. The van der Waals surface area contributed by atoms with Gasteiger partial charge in [0.25, 0.3) is 0 Å². The van der Waals surface area contributed by atoms with Crippen LogP contribution in [0.25, 0.3) is 0 Å². The maximum absolute atomic E-state index is 6.07. The second-order valence-electron chi connectivity index (χ2n) is 7.14. The van der Waals surface area contributed by atoms with E-state index < -0.39 is 0 Å². The molecule has 3 aliphatic heterocycles. The molecule has 0 spiro atoms. The average molecular weight is 277 g/mol. The molecule has 112 valence electrons. The summed E-state index contributed by atoms with van der Waals surface area (Å²) in [6.45, 7) is 6.51. The molecule has 0 aromatic heterocycles. The lowest BCUT2D eigenvalue weighted by Crippen LogP contribution is -2.47. The lowest BCUT2D eigenvalue weighted by Gasteiger charge is -2.35. The maximum Gasteiger partial charge on any atom is 0.0623 e. The molecule has 2 atom stereocenters. The Bertz CT molecular complexity index is 405. The van der Waals surface area contributed by atoms with Crippen molar-refractivity contribution in [2.45, 2.75) is 44.2 Å². The Morgan fingerprint density at radius 3 is 2.90 bits per heavy atom. The van der Waals surface area contributed by atoms with Crippen molar-refractivity contribution in [3.05, 3.63) is 11.3 Å². The van der Waals surface area contributed by atoms with E-state index in [1.54, 1.807) is 11.3 Å². The molecule has 1 saturated heterocycles. The summed E-state index contributed by atoms with van der Waals surface area (Å²) in [5, 5.41) is 0. The third-order valence-electron chi connectivity index (χ3n) is 5.35. The van der Waals surface area contributed by atoms with Gasteiger partial charge >= 0.3 is 0 Å². The van der Waals surface area contributed by atoms with Crippen LogP contribution in [0.3, 0.4) is 0 Å². The highest BCUT2D eigenvalue weighted by Gasteiger charge is 2.35. The Kier molecular flexibility index (Phi) is 3.49. The number of ether oxygens (including phenoxy) is 1. The summed E-state index contributed by atoms with van der Waals surface area (Å²) >= 11 is 0. The van der Waals surface area contributed by atoms with Crippen LogP contribution >= 0.6 is 0 Å². The third-order valence-corrected chi connectivity index (χ3v) is 5.35. The van der Waals surface area contributed by atoms with E-state index in [9.17, 15) is 0 Å². The smallest absolute Gasteiger partial charge is 0.0623 e. The fourth-order valence-electron chi connectivity index (χ4n) is 4.03. The van der Waals surface area contributed by atoms with Crippen LogP contribution in [0.2, 0.25) is 0 Å². The van der Waals surface area contributed by atoms with Crippen molar-refractivity contribution in [1.82, 2.24) is 9.80 Å². The Balaban J connectivity index is 1.42. The molecule has 4 nitrogen and oxygen atoms in total. The fraction of sp³-hybridized carbons (Fsp3) is 0.875. The number of nitrogens with zero attached hydrogens (tertiary/aromatic N) is 2. The normalized spacial score (nSPS) is 35.5. The molecule has 4 rings (SSSR count). The van der Waals surface area contributed by atoms with Gasteiger partial charge in [-0.1, -0.05) is 0 Å². The zero-order valence-electron chi connectivity index (χ0n) is 12.4. The van der Waals surface area contributed by atoms with E-state index in [0.717, 1.165) is 38.6 Å². The Morgan fingerprint density at radius 2 is 2.10 bits per heavy atom. The van der Waals surface area contributed by atoms with Gasteiger partial charge in [0.05, 0.1) is 13.2 Å². The monoisotopic (exact) mass is 277 g/mol. The van der Waals surface area contributed by atoms with Gasteiger partial charge in [-0.2, -0.15) is 0 Å². The van der Waals surface area contributed by atoms with Crippen LogP contribution in [0.15, 0.2) is 11.3 Å². The van der Waals surface area contributed by atoms with Crippen molar-refractivity contribution in [3.8, 4) is 0 Å². The number of nitrogens with two attached hydrogens (primary N) is 1. The molecule has 0 radical (unpaired) electrons. The summed E-state index contributed by atoms with van der Waals surface area (Å²) in [5.41, 5.74) is 9.42. The van der Waals surface area contributed by atoms with Crippen molar-refractivity contribution >= 4 is 0 Å². The average Bonchev–Trinajstić information content (AvgIpc) is 3.15. The van der Waals surface area contributed by atoms with Crippen molar-refractivity contribution in [2.75, 3.05) is 39.4 Å². The molecule has 2 fully saturated rings. The van der Waals surface area contributed by atoms with Crippen LogP contribution in [0.1, 0.15) is 32.1 Å². The molecule has 0 aromatic carbocycles. The first-order valence-electron chi connectivity index (χ1n) is 8.33. The van der Waals surface area contributed by atoms with E-state index in [1.807, 2.05) is 0 Å². The van der Waals surface area contributed by atoms with Gasteiger partial charge in [0.1, 0.15) is 0 Å². The first-order chi connectivity index (χ1) is 9.79. The summed E-state index contributed by atoms with van der Waals surface area (Å²) < 4.78 is 5.66. The van der Waals surface area contributed by atoms with Gasteiger partial charge in [0, 0.05) is 44.0 Å². The van der Waals surface area contributed by atoms with Crippen LogP contribution < -0.4 is 5.73 Å². The predicted molar refractivity (Wildman–Crippen MR) is 79.3 cm³/mol. The van der Waals surface area contributed by atoms with Crippen LogP contribution in [0, 0.1) is 5.92 Å². The summed E-state index contributed by atoms with van der Waals surface area (Å²) in [7, 11) is 0. The SMILES string of the molecule is NC1COCC(N2CC3=C(C2)N(CC2CC2)CCC3)C1. The Morgan fingerprint density at radius 1 is 1.20 bits per heavy atom. The van der Waals surface area contributed by atoms with Gasteiger partial charge in [-0.3, -0.25) is 4.90 Å². The standard InChI is InChI=1S/C16H27N3O/c17-14-6-15(11-20-10-14)19-8-13-2-1-5-18(16(13)9-19)7-12-3-4-12/h12,14-15H,1-11,17H2. The van der Waals surface area contributed by atoms with E-state index in [-0.39, 0.29) is 6.04 Å². The first-order valence-corrected chi connectivity index (χ1v) is 8.33. The lowest BCUT2D eigenvalue weighted by molar-refractivity contribution is 0.0153. The van der Waals surface area contributed by atoms with Gasteiger partial charge in [0.15, 0.2) is 0 Å². The minimum Gasteiger partial charge on any atom is -0.378 e. The molecule has 1 aliphatic carbocycles. The highest BCUT2D eigenvalue weighted by atomic mass is 16.5. The van der Waals surface area contributed by atoms with Crippen LogP contribution in [-0.4, -0.2) is 61.3 Å². The quantitative estimate of drug-likeness (QED) is 0.841. The molecule has 1 saturated carbocycles. The molecule has 4 aliphatic rings. The Labute approximate surface area is 121 Å². The number of hydrogen-bond acceptors (Lipinski definition) is 4. The zero-order valence-corrected chi connectivity index (χ0v) is 12.4. The van der Waals surface area contributed by atoms with Gasteiger partial charge in [-0.05, 0) is 43.6 Å². The molecule has 4 heteroatoms. The molecule has 2 unspecified atom stereocenters. The second-order valence-corrected chi connectivity index (χ2v) is 7.14. The van der Waals surface area contributed by atoms with E-state index in [1.165, 1.54) is 38.8 Å². The summed E-state index contributed by atoms with van der Waals surface area (Å²) in [4.78, 5) is 5.31. The van der Waals surface area contributed by atoms with Crippen molar-refractivity contribution in [2.24, 2.45) is 11.7 Å². The number of hydrogen-bond donors (Lipinski definition) is 1. The third kappa shape index (κ3) is 2.61. The van der Waals surface area contributed by atoms with E-state index in [4.69, 9.17) is 10.5 Å². The second kappa shape index (κ2) is 5.32. The van der Waals surface area contributed by atoms with Crippen LogP contribution in [-0.2, 0) is 4.74 Å². The molecule has 2 N–H and O–H groups in total. The minimum atomic E-state index is 0.231. The summed E-state index contributed by atoms with van der Waals surface area (Å²) in [6.07, 6.45) is 6.66. The van der Waals surface area contributed by atoms with Crippen LogP contribution in [0.5, 0.6) is 0 Å². The molecule has 0 aromatic rings. The predicted octanol–water partition coefficient (Wildman–Crippen LogP) is 1.18. The summed E-state index contributed by atoms with van der Waals surface area (Å²) in [5.74, 6) is 0.988.